The first-order chi connectivity index (χ1) is 8.15. The normalized spacial score (nSPS) is 29.9. The van der Waals surface area contributed by atoms with Crippen LogP contribution in [-0.2, 0) is 9.59 Å². The smallest absolute Gasteiger partial charge is 0.259 e. The first kappa shape index (κ1) is 12.3. The van der Waals surface area contributed by atoms with Crippen LogP contribution in [0.5, 0.6) is 0 Å². The zero-order chi connectivity index (χ0) is 12.4. The molecule has 1 unspecified atom stereocenters. The minimum absolute atomic E-state index is 0.00241. The van der Waals surface area contributed by atoms with Crippen LogP contribution >= 0.6 is 0 Å². The van der Waals surface area contributed by atoms with Gasteiger partial charge in [-0.2, -0.15) is 0 Å². The van der Waals surface area contributed by atoms with Crippen molar-refractivity contribution in [3.8, 4) is 0 Å². The van der Waals surface area contributed by atoms with E-state index < -0.39 is 0 Å². The fraction of sp³-hybridized carbons (Fsp3) is 0.818. The molecule has 2 atom stereocenters. The zero-order valence-corrected chi connectivity index (χ0v) is 10.4. The Hall–Kier alpha value is -1.14. The molecule has 0 bridgehead atoms. The number of hydrogen-bond acceptors (Lipinski definition) is 4. The quantitative estimate of drug-likeness (QED) is 0.613. The Kier molecular flexibility index (Phi) is 3.63. The average Bonchev–Trinajstić information content (AvgIpc) is 2.48. The summed E-state index contributed by atoms with van der Waals surface area (Å²) in [4.78, 5) is 24.0. The molecule has 2 amide bonds. The van der Waals surface area contributed by atoms with Crippen molar-refractivity contribution < 1.29 is 9.59 Å². The van der Waals surface area contributed by atoms with Gasteiger partial charge in [-0.15, -0.1) is 0 Å². The van der Waals surface area contributed by atoms with E-state index in [1.165, 1.54) is 6.92 Å². The van der Waals surface area contributed by atoms with Crippen LogP contribution in [0.3, 0.4) is 0 Å². The number of carbonyl (C=O) groups excluding carboxylic acids is 2. The Morgan fingerprint density at radius 1 is 1.47 bits per heavy atom. The first-order valence-electron chi connectivity index (χ1n) is 6.14. The highest BCUT2D eigenvalue weighted by Crippen LogP contribution is 2.20. The zero-order valence-electron chi connectivity index (χ0n) is 10.4. The van der Waals surface area contributed by atoms with Crippen molar-refractivity contribution >= 4 is 11.8 Å². The van der Waals surface area contributed by atoms with Crippen molar-refractivity contribution in [2.45, 2.75) is 31.8 Å². The summed E-state index contributed by atoms with van der Waals surface area (Å²) in [5.74, 6) is -0.0581. The van der Waals surface area contributed by atoms with Crippen LogP contribution in [0.4, 0.5) is 0 Å². The lowest BCUT2D eigenvalue weighted by molar-refractivity contribution is -0.173. The summed E-state index contributed by atoms with van der Waals surface area (Å²) < 4.78 is 0. The predicted molar refractivity (Wildman–Crippen MR) is 63.0 cm³/mol. The molecule has 0 spiro atoms. The van der Waals surface area contributed by atoms with Crippen molar-refractivity contribution in [1.29, 1.82) is 0 Å². The largest absolute Gasteiger partial charge is 0.313 e. The van der Waals surface area contributed by atoms with Crippen molar-refractivity contribution in [3.63, 3.8) is 0 Å². The molecule has 0 aliphatic carbocycles. The molecule has 2 aliphatic heterocycles. The Labute approximate surface area is 101 Å². The SMILES string of the molecule is CN[C@H]1CNCC2CCCN(C(C)=O)N2C1=O. The third-order valence-electron chi connectivity index (χ3n) is 3.48. The molecule has 0 radical (unpaired) electrons. The van der Waals surface area contributed by atoms with Crippen LogP contribution in [0.2, 0.25) is 0 Å². The standard InChI is InChI=1S/C11H20N4O2/c1-8(16)14-5-3-4-9-6-13-7-10(12-2)11(17)15(9)14/h9-10,12-13H,3-7H2,1-2H3/t9?,10-/m0/s1. The van der Waals surface area contributed by atoms with E-state index in [4.69, 9.17) is 0 Å². The molecule has 6 heteroatoms. The lowest BCUT2D eigenvalue weighted by Crippen LogP contribution is -2.61. The number of hydrogen-bond donors (Lipinski definition) is 2. The molecule has 2 N–H and O–H groups in total. The lowest BCUT2D eigenvalue weighted by Gasteiger charge is -2.43. The highest BCUT2D eigenvalue weighted by molar-refractivity contribution is 5.85. The molecule has 0 aromatic heterocycles. The summed E-state index contributed by atoms with van der Waals surface area (Å²) in [6.45, 7) is 3.54. The number of fused-ring (bicyclic) bond motifs is 1. The second-order valence-electron chi connectivity index (χ2n) is 4.62. The van der Waals surface area contributed by atoms with Crippen LogP contribution in [0.1, 0.15) is 19.8 Å². The molecule has 0 saturated carbocycles. The molecular weight excluding hydrogens is 220 g/mol. The summed E-state index contributed by atoms with van der Waals surface area (Å²) in [5, 5.41) is 9.52. The van der Waals surface area contributed by atoms with E-state index in [2.05, 4.69) is 10.6 Å². The van der Waals surface area contributed by atoms with Gasteiger partial charge in [0.15, 0.2) is 0 Å². The van der Waals surface area contributed by atoms with Crippen LogP contribution in [0.25, 0.3) is 0 Å². The summed E-state index contributed by atoms with van der Waals surface area (Å²) in [6.07, 6.45) is 1.92. The number of carbonyl (C=O) groups is 2. The molecule has 0 aromatic rings. The maximum atomic E-state index is 12.4. The third kappa shape index (κ3) is 2.28. The van der Waals surface area contributed by atoms with E-state index in [0.717, 1.165) is 19.4 Å². The van der Waals surface area contributed by atoms with Crippen LogP contribution < -0.4 is 10.6 Å². The van der Waals surface area contributed by atoms with Crippen LogP contribution in [-0.4, -0.2) is 60.6 Å². The van der Waals surface area contributed by atoms with E-state index in [1.807, 2.05) is 0 Å². The minimum Gasteiger partial charge on any atom is -0.313 e. The van der Waals surface area contributed by atoms with Gasteiger partial charge in [0.2, 0.25) is 5.91 Å². The van der Waals surface area contributed by atoms with Gasteiger partial charge in [-0.25, -0.2) is 5.01 Å². The number of nitrogens with one attached hydrogen (secondary N) is 2. The van der Waals surface area contributed by atoms with Gasteiger partial charge in [-0.1, -0.05) is 0 Å². The average molecular weight is 240 g/mol. The molecular formula is C11H20N4O2. The maximum absolute atomic E-state index is 12.4. The fourth-order valence-corrected chi connectivity index (χ4v) is 2.57. The second kappa shape index (κ2) is 5.01. The first-order valence-corrected chi connectivity index (χ1v) is 6.14. The molecule has 17 heavy (non-hydrogen) atoms. The lowest BCUT2D eigenvalue weighted by atomic mass is 10.1. The summed E-state index contributed by atoms with van der Waals surface area (Å²) in [5.41, 5.74) is 0. The van der Waals surface area contributed by atoms with Gasteiger partial charge in [-0.05, 0) is 19.9 Å². The van der Waals surface area contributed by atoms with Crippen LogP contribution in [0.15, 0.2) is 0 Å². The van der Waals surface area contributed by atoms with E-state index in [9.17, 15) is 9.59 Å². The van der Waals surface area contributed by atoms with E-state index in [1.54, 1.807) is 17.1 Å². The van der Waals surface area contributed by atoms with Gasteiger partial charge in [-0.3, -0.25) is 14.6 Å². The third-order valence-corrected chi connectivity index (χ3v) is 3.48. The maximum Gasteiger partial charge on any atom is 0.259 e. The number of hydrazine groups is 1. The molecule has 2 rings (SSSR count). The van der Waals surface area contributed by atoms with Crippen molar-refractivity contribution in [1.82, 2.24) is 20.7 Å². The van der Waals surface area contributed by atoms with Gasteiger partial charge in [0.25, 0.3) is 5.91 Å². The molecule has 6 nitrogen and oxygen atoms in total. The van der Waals surface area contributed by atoms with Gasteiger partial charge < -0.3 is 10.6 Å². The van der Waals surface area contributed by atoms with E-state index in [0.29, 0.717) is 13.1 Å². The van der Waals surface area contributed by atoms with Crippen LogP contribution in [0, 0.1) is 0 Å². The Morgan fingerprint density at radius 2 is 2.24 bits per heavy atom. The summed E-state index contributed by atoms with van der Waals surface area (Å²) >= 11 is 0. The minimum atomic E-state index is -0.250. The van der Waals surface area contributed by atoms with Gasteiger partial charge in [0.1, 0.15) is 6.04 Å². The highest BCUT2D eigenvalue weighted by atomic mass is 16.2. The number of amides is 2. The number of nitrogens with zero attached hydrogens (tertiary/aromatic N) is 2. The second-order valence-corrected chi connectivity index (χ2v) is 4.62. The summed E-state index contributed by atoms with van der Waals surface area (Å²) in [6, 6.07) is -0.140. The van der Waals surface area contributed by atoms with Gasteiger partial charge in [0, 0.05) is 26.6 Å². The summed E-state index contributed by atoms with van der Waals surface area (Å²) in [7, 11) is 1.77. The molecule has 2 aliphatic rings. The van der Waals surface area contributed by atoms with Crippen molar-refractivity contribution in [2.75, 3.05) is 26.7 Å². The van der Waals surface area contributed by atoms with E-state index in [-0.39, 0.29) is 23.9 Å². The monoisotopic (exact) mass is 240 g/mol. The van der Waals surface area contributed by atoms with Crippen molar-refractivity contribution in [3.05, 3.63) is 0 Å². The number of likely N-dealkylation sites (N-methyl/N-ethyl adjacent to an activating group) is 1. The molecule has 2 saturated heterocycles. The molecule has 0 aromatic carbocycles. The topological polar surface area (TPSA) is 64.7 Å². The Morgan fingerprint density at radius 3 is 2.88 bits per heavy atom. The molecule has 2 fully saturated rings. The highest BCUT2D eigenvalue weighted by Gasteiger charge is 2.39. The predicted octanol–water partition coefficient (Wildman–Crippen LogP) is -1.07. The van der Waals surface area contributed by atoms with Gasteiger partial charge in [0.05, 0.1) is 6.04 Å². The number of rotatable bonds is 1. The Balaban J connectivity index is 2.24. The molecule has 96 valence electrons. The van der Waals surface area contributed by atoms with E-state index >= 15 is 0 Å². The fourth-order valence-electron chi connectivity index (χ4n) is 2.57. The molecule has 2 heterocycles. The van der Waals surface area contributed by atoms with Crippen molar-refractivity contribution in [2.24, 2.45) is 0 Å². The Bertz CT molecular complexity index is 321. The van der Waals surface area contributed by atoms with Gasteiger partial charge >= 0.3 is 0 Å².